The van der Waals surface area contributed by atoms with Crippen molar-refractivity contribution in [3.63, 3.8) is 0 Å². The lowest BCUT2D eigenvalue weighted by molar-refractivity contribution is 0.396. The summed E-state index contributed by atoms with van der Waals surface area (Å²) in [5, 5.41) is 0.660. The van der Waals surface area contributed by atoms with Crippen LogP contribution >= 0.6 is 23.2 Å². The van der Waals surface area contributed by atoms with Gasteiger partial charge >= 0.3 is 0 Å². The van der Waals surface area contributed by atoms with Gasteiger partial charge in [-0.25, -0.2) is 0 Å². The van der Waals surface area contributed by atoms with Gasteiger partial charge < -0.3 is 0 Å². The SMILES string of the molecule is CC1CC(Cl)C[C@@H](Cl)C1. The lowest BCUT2D eigenvalue weighted by atomic mass is 9.90. The highest BCUT2D eigenvalue weighted by atomic mass is 35.5. The predicted octanol–water partition coefficient (Wildman–Crippen LogP) is 3.02. The Labute approximate surface area is 66.5 Å². The van der Waals surface area contributed by atoms with Gasteiger partial charge in [0.15, 0.2) is 0 Å². The minimum absolute atomic E-state index is 0.330. The molecule has 0 nitrogen and oxygen atoms in total. The van der Waals surface area contributed by atoms with Crippen LogP contribution in [0.2, 0.25) is 0 Å². The fraction of sp³-hybridized carbons (Fsp3) is 1.00. The molecule has 0 N–H and O–H groups in total. The maximum absolute atomic E-state index is 5.92. The van der Waals surface area contributed by atoms with E-state index >= 15 is 0 Å². The summed E-state index contributed by atoms with van der Waals surface area (Å²) in [4.78, 5) is 0. The Kier molecular flexibility index (Phi) is 2.66. The molecule has 0 aromatic heterocycles. The molecule has 0 saturated heterocycles. The van der Waals surface area contributed by atoms with Crippen LogP contribution in [0.3, 0.4) is 0 Å². The molecular formula is C7H12Cl2. The van der Waals surface area contributed by atoms with Crippen LogP contribution in [0, 0.1) is 5.92 Å². The highest BCUT2D eigenvalue weighted by molar-refractivity contribution is 6.23. The average Bonchev–Trinajstić information content (AvgIpc) is 1.59. The number of rotatable bonds is 0. The first kappa shape index (κ1) is 7.68. The molecule has 9 heavy (non-hydrogen) atoms. The number of hydrogen-bond donors (Lipinski definition) is 0. The first-order valence-electron chi connectivity index (χ1n) is 3.46. The molecule has 1 aliphatic carbocycles. The molecule has 1 fully saturated rings. The van der Waals surface area contributed by atoms with Gasteiger partial charge in [-0.1, -0.05) is 6.92 Å². The molecule has 54 valence electrons. The molecule has 1 saturated carbocycles. The second-order valence-electron chi connectivity index (χ2n) is 3.01. The van der Waals surface area contributed by atoms with Crippen LogP contribution < -0.4 is 0 Å². The summed E-state index contributed by atoms with van der Waals surface area (Å²) >= 11 is 11.8. The normalized spacial score (nSPS) is 45.0. The topological polar surface area (TPSA) is 0 Å². The summed E-state index contributed by atoms with van der Waals surface area (Å²) in [5.74, 6) is 0.726. The second kappa shape index (κ2) is 3.12. The van der Waals surface area contributed by atoms with Crippen molar-refractivity contribution in [2.45, 2.75) is 36.9 Å². The molecule has 0 aliphatic heterocycles. The summed E-state index contributed by atoms with van der Waals surface area (Å²) in [6.07, 6.45) is 3.28. The Bertz CT molecular complexity index is 67.9. The Balaban J connectivity index is 2.34. The fourth-order valence-electron chi connectivity index (χ4n) is 1.44. The third-order valence-corrected chi connectivity index (χ3v) is 2.54. The Morgan fingerprint density at radius 1 is 1.00 bits per heavy atom. The van der Waals surface area contributed by atoms with Gasteiger partial charge in [-0.3, -0.25) is 0 Å². The van der Waals surface area contributed by atoms with Gasteiger partial charge in [-0.2, -0.15) is 0 Å². The van der Waals surface area contributed by atoms with Gasteiger partial charge in [0.1, 0.15) is 0 Å². The minimum Gasteiger partial charge on any atom is -0.123 e. The smallest absolute Gasteiger partial charge is 0.0352 e. The Morgan fingerprint density at radius 3 is 1.78 bits per heavy atom. The van der Waals surface area contributed by atoms with E-state index in [1.54, 1.807) is 0 Å². The van der Waals surface area contributed by atoms with E-state index in [1.807, 2.05) is 0 Å². The standard InChI is InChI=1S/C7H12Cl2/c1-5-2-6(8)4-7(9)3-5/h5-7H,2-4H2,1H3/t5?,6-,7?/m0/s1. The van der Waals surface area contributed by atoms with E-state index in [2.05, 4.69) is 6.92 Å². The molecule has 1 aliphatic rings. The highest BCUT2D eigenvalue weighted by Crippen LogP contribution is 2.30. The van der Waals surface area contributed by atoms with Crippen molar-refractivity contribution < 1.29 is 0 Å². The van der Waals surface area contributed by atoms with E-state index in [1.165, 1.54) is 0 Å². The molecule has 2 heteroatoms. The van der Waals surface area contributed by atoms with Gasteiger partial charge in [-0.05, 0) is 25.2 Å². The summed E-state index contributed by atoms with van der Waals surface area (Å²) in [6, 6.07) is 0. The van der Waals surface area contributed by atoms with Crippen LogP contribution in [0.4, 0.5) is 0 Å². The zero-order valence-corrected chi connectivity index (χ0v) is 7.12. The molecule has 0 spiro atoms. The number of hydrogen-bond acceptors (Lipinski definition) is 0. The molecule has 0 aromatic carbocycles. The average molecular weight is 167 g/mol. The van der Waals surface area contributed by atoms with E-state index in [0.717, 1.165) is 25.2 Å². The maximum atomic E-state index is 5.92. The fourth-order valence-corrected chi connectivity index (χ4v) is 2.57. The zero-order valence-electron chi connectivity index (χ0n) is 5.61. The molecule has 0 amide bonds. The Morgan fingerprint density at radius 2 is 1.44 bits per heavy atom. The van der Waals surface area contributed by atoms with Crippen molar-refractivity contribution >= 4 is 23.2 Å². The van der Waals surface area contributed by atoms with Crippen LogP contribution in [0.25, 0.3) is 0 Å². The molecule has 0 bridgehead atoms. The van der Waals surface area contributed by atoms with Gasteiger partial charge in [0.25, 0.3) is 0 Å². The summed E-state index contributed by atoms with van der Waals surface area (Å²) in [7, 11) is 0. The largest absolute Gasteiger partial charge is 0.123 e. The Hall–Kier alpha value is 0.580. The van der Waals surface area contributed by atoms with Gasteiger partial charge in [0.05, 0.1) is 0 Å². The van der Waals surface area contributed by atoms with E-state index < -0.39 is 0 Å². The lowest BCUT2D eigenvalue weighted by Crippen LogP contribution is -2.21. The molecule has 0 radical (unpaired) electrons. The number of alkyl halides is 2. The lowest BCUT2D eigenvalue weighted by Gasteiger charge is -2.25. The van der Waals surface area contributed by atoms with Gasteiger partial charge in [-0.15, -0.1) is 23.2 Å². The van der Waals surface area contributed by atoms with Crippen LogP contribution in [0.15, 0.2) is 0 Å². The molecular weight excluding hydrogens is 155 g/mol. The molecule has 0 aromatic rings. The van der Waals surface area contributed by atoms with Crippen LogP contribution in [-0.2, 0) is 0 Å². The highest BCUT2D eigenvalue weighted by Gasteiger charge is 2.22. The molecule has 0 heterocycles. The summed E-state index contributed by atoms with van der Waals surface area (Å²) in [5.41, 5.74) is 0. The van der Waals surface area contributed by atoms with E-state index in [4.69, 9.17) is 23.2 Å². The third-order valence-electron chi connectivity index (χ3n) is 1.83. The molecule has 1 rings (SSSR count). The first-order chi connectivity index (χ1) is 4.18. The number of halogens is 2. The van der Waals surface area contributed by atoms with Crippen LogP contribution in [0.5, 0.6) is 0 Å². The molecule has 2 unspecified atom stereocenters. The van der Waals surface area contributed by atoms with E-state index in [0.29, 0.717) is 10.8 Å². The van der Waals surface area contributed by atoms with Crippen molar-refractivity contribution in [1.82, 2.24) is 0 Å². The van der Waals surface area contributed by atoms with Crippen molar-refractivity contribution in [2.75, 3.05) is 0 Å². The van der Waals surface area contributed by atoms with E-state index in [-0.39, 0.29) is 0 Å². The quantitative estimate of drug-likeness (QED) is 0.486. The predicted molar refractivity (Wildman–Crippen MR) is 42.3 cm³/mol. The third kappa shape index (κ3) is 2.35. The molecule has 3 atom stereocenters. The maximum Gasteiger partial charge on any atom is 0.0352 e. The summed E-state index contributed by atoms with van der Waals surface area (Å²) in [6.45, 7) is 2.21. The first-order valence-corrected chi connectivity index (χ1v) is 4.34. The van der Waals surface area contributed by atoms with Crippen molar-refractivity contribution in [3.05, 3.63) is 0 Å². The van der Waals surface area contributed by atoms with Crippen molar-refractivity contribution in [1.29, 1.82) is 0 Å². The minimum atomic E-state index is 0.330. The van der Waals surface area contributed by atoms with Crippen LogP contribution in [-0.4, -0.2) is 10.8 Å². The van der Waals surface area contributed by atoms with E-state index in [9.17, 15) is 0 Å². The zero-order chi connectivity index (χ0) is 6.85. The van der Waals surface area contributed by atoms with Crippen molar-refractivity contribution in [3.8, 4) is 0 Å². The van der Waals surface area contributed by atoms with Gasteiger partial charge in [0, 0.05) is 10.8 Å². The monoisotopic (exact) mass is 166 g/mol. The second-order valence-corrected chi connectivity index (χ2v) is 4.24. The van der Waals surface area contributed by atoms with Gasteiger partial charge in [0.2, 0.25) is 0 Å². The summed E-state index contributed by atoms with van der Waals surface area (Å²) < 4.78 is 0. The van der Waals surface area contributed by atoms with Crippen LogP contribution in [0.1, 0.15) is 26.2 Å². The van der Waals surface area contributed by atoms with Crippen molar-refractivity contribution in [2.24, 2.45) is 5.92 Å².